The number of likely N-dealkylation sites (N-methyl/N-ethyl adjacent to an activating group) is 1. The lowest BCUT2D eigenvalue weighted by atomic mass is 10.1. The van der Waals surface area contributed by atoms with E-state index in [0.717, 1.165) is 13.1 Å². The van der Waals surface area contributed by atoms with Crippen molar-refractivity contribution in [1.82, 2.24) is 10.2 Å². The molecule has 1 N–H and O–H groups in total. The fourth-order valence-corrected chi connectivity index (χ4v) is 2.33. The Bertz CT molecular complexity index is 342. The number of nitrogens with one attached hydrogen (secondary N) is 1. The van der Waals surface area contributed by atoms with Crippen LogP contribution in [-0.4, -0.2) is 31.1 Å². The maximum absolute atomic E-state index is 12.8. The number of benzene rings is 1. The van der Waals surface area contributed by atoms with Gasteiger partial charge in [0.15, 0.2) is 0 Å². The van der Waals surface area contributed by atoms with Crippen molar-refractivity contribution in [2.45, 2.75) is 25.4 Å². The standard InChI is InChI=1S/C13H19FN2.ClH/c1-10(11-3-5-12(14)6-4-11)16-8-7-13(9-16)15-2;/h3-6,10,13,15H,7-9H2,1-2H3;1H. The molecule has 0 aliphatic carbocycles. The third-order valence-corrected chi connectivity index (χ3v) is 3.53. The average molecular weight is 259 g/mol. The van der Waals surface area contributed by atoms with E-state index >= 15 is 0 Å². The van der Waals surface area contributed by atoms with E-state index < -0.39 is 0 Å². The molecule has 17 heavy (non-hydrogen) atoms. The molecule has 2 unspecified atom stereocenters. The Morgan fingerprint density at radius 3 is 2.53 bits per heavy atom. The number of rotatable bonds is 3. The van der Waals surface area contributed by atoms with Gasteiger partial charge in [0.25, 0.3) is 0 Å². The first kappa shape index (κ1) is 14.4. The van der Waals surface area contributed by atoms with E-state index in [0.29, 0.717) is 12.1 Å². The topological polar surface area (TPSA) is 15.3 Å². The van der Waals surface area contributed by atoms with Crippen LogP contribution in [0.4, 0.5) is 4.39 Å². The molecule has 1 fully saturated rings. The van der Waals surface area contributed by atoms with Crippen molar-refractivity contribution in [1.29, 1.82) is 0 Å². The third-order valence-electron chi connectivity index (χ3n) is 3.53. The van der Waals surface area contributed by atoms with Gasteiger partial charge in [0.1, 0.15) is 5.82 Å². The molecular weight excluding hydrogens is 239 g/mol. The first-order valence-electron chi connectivity index (χ1n) is 5.87. The predicted molar refractivity (Wildman–Crippen MR) is 71.1 cm³/mol. The molecule has 1 aromatic carbocycles. The second-order valence-corrected chi connectivity index (χ2v) is 4.50. The Labute approximate surface area is 109 Å². The van der Waals surface area contributed by atoms with Gasteiger partial charge in [-0.2, -0.15) is 0 Å². The van der Waals surface area contributed by atoms with Crippen LogP contribution in [0.3, 0.4) is 0 Å². The lowest BCUT2D eigenvalue weighted by molar-refractivity contribution is 0.257. The number of nitrogens with zero attached hydrogens (tertiary/aromatic N) is 1. The Kier molecular flexibility index (Phi) is 5.37. The van der Waals surface area contributed by atoms with Crippen LogP contribution < -0.4 is 5.32 Å². The Morgan fingerprint density at radius 2 is 2.00 bits per heavy atom. The van der Waals surface area contributed by atoms with Gasteiger partial charge in [0, 0.05) is 25.2 Å². The van der Waals surface area contributed by atoms with Crippen LogP contribution in [0.25, 0.3) is 0 Å². The van der Waals surface area contributed by atoms with Gasteiger partial charge < -0.3 is 5.32 Å². The van der Waals surface area contributed by atoms with Crippen LogP contribution >= 0.6 is 12.4 Å². The van der Waals surface area contributed by atoms with E-state index in [9.17, 15) is 4.39 Å². The van der Waals surface area contributed by atoms with Crippen molar-refractivity contribution in [2.24, 2.45) is 0 Å². The van der Waals surface area contributed by atoms with E-state index in [1.807, 2.05) is 19.2 Å². The molecule has 4 heteroatoms. The summed E-state index contributed by atoms with van der Waals surface area (Å²) in [5.41, 5.74) is 1.19. The minimum absolute atomic E-state index is 0. The van der Waals surface area contributed by atoms with Gasteiger partial charge in [-0.15, -0.1) is 12.4 Å². The fraction of sp³-hybridized carbons (Fsp3) is 0.538. The summed E-state index contributed by atoms with van der Waals surface area (Å²) in [6, 6.07) is 7.82. The molecule has 1 aliphatic heterocycles. The van der Waals surface area contributed by atoms with Crippen molar-refractivity contribution in [3.63, 3.8) is 0 Å². The molecule has 1 aliphatic rings. The zero-order valence-corrected chi connectivity index (χ0v) is 11.1. The first-order chi connectivity index (χ1) is 7.70. The van der Waals surface area contributed by atoms with E-state index in [1.54, 1.807) is 0 Å². The lowest BCUT2D eigenvalue weighted by Crippen LogP contribution is -2.31. The van der Waals surface area contributed by atoms with Crippen molar-refractivity contribution in [3.05, 3.63) is 35.6 Å². The van der Waals surface area contributed by atoms with Gasteiger partial charge >= 0.3 is 0 Å². The summed E-state index contributed by atoms with van der Waals surface area (Å²) in [6.07, 6.45) is 1.20. The maximum Gasteiger partial charge on any atom is 0.123 e. The number of halogens is 2. The number of likely N-dealkylation sites (tertiary alicyclic amines) is 1. The maximum atomic E-state index is 12.8. The summed E-state index contributed by atoms with van der Waals surface area (Å²) >= 11 is 0. The Hall–Kier alpha value is -0.640. The van der Waals surface area contributed by atoms with E-state index in [-0.39, 0.29) is 18.2 Å². The van der Waals surface area contributed by atoms with Gasteiger partial charge in [-0.05, 0) is 38.1 Å². The van der Waals surface area contributed by atoms with E-state index in [1.165, 1.54) is 24.1 Å². The number of hydrogen-bond acceptors (Lipinski definition) is 2. The molecule has 1 aromatic rings. The summed E-state index contributed by atoms with van der Waals surface area (Å²) < 4.78 is 12.8. The van der Waals surface area contributed by atoms with Crippen LogP contribution in [0.2, 0.25) is 0 Å². The molecule has 1 saturated heterocycles. The fourth-order valence-electron chi connectivity index (χ4n) is 2.33. The highest BCUT2D eigenvalue weighted by atomic mass is 35.5. The summed E-state index contributed by atoms with van der Waals surface area (Å²) in [4.78, 5) is 2.44. The second-order valence-electron chi connectivity index (χ2n) is 4.50. The molecule has 0 aromatic heterocycles. The monoisotopic (exact) mass is 258 g/mol. The van der Waals surface area contributed by atoms with Crippen LogP contribution in [-0.2, 0) is 0 Å². The number of hydrogen-bond donors (Lipinski definition) is 1. The lowest BCUT2D eigenvalue weighted by Gasteiger charge is -2.24. The highest BCUT2D eigenvalue weighted by Crippen LogP contribution is 2.24. The SMILES string of the molecule is CNC1CCN(C(C)c2ccc(F)cc2)C1.Cl. The molecule has 0 spiro atoms. The first-order valence-corrected chi connectivity index (χ1v) is 5.87. The van der Waals surface area contributed by atoms with Crippen LogP contribution in [0.1, 0.15) is 24.9 Å². The molecule has 0 saturated carbocycles. The van der Waals surface area contributed by atoms with Gasteiger partial charge in [-0.25, -0.2) is 4.39 Å². The third kappa shape index (κ3) is 3.41. The van der Waals surface area contributed by atoms with Crippen LogP contribution in [0, 0.1) is 5.82 Å². The predicted octanol–water partition coefficient (Wildman–Crippen LogP) is 2.60. The highest BCUT2D eigenvalue weighted by Gasteiger charge is 2.25. The smallest absolute Gasteiger partial charge is 0.123 e. The second kappa shape index (κ2) is 6.34. The van der Waals surface area contributed by atoms with Gasteiger partial charge in [-0.3, -0.25) is 4.90 Å². The quantitative estimate of drug-likeness (QED) is 0.897. The van der Waals surface area contributed by atoms with Crippen molar-refractivity contribution >= 4 is 12.4 Å². The zero-order valence-electron chi connectivity index (χ0n) is 10.3. The van der Waals surface area contributed by atoms with Crippen LogP contribution in [0.5, 0.6) is 0 Å². The van der Waals surface area contributed by atoms with E-state index in [4.69, 9.17) is 0 Å². The van der Waals surface area contributed by atoms with Gasteiger partial charge in [-0.1, -0.05) is 12.1 Å². The summed E-state index contributed by atoms with van der Waals surface area (Å²) in [5, 5.41) is 3.31. The molecule has 0 amide bonds. The molecule has 0 bridgehead atoms. The summed E-state index contributed by atoms with van der Waals surface area (Å²) in [6.45, 7) is 4.38. The zero-order chi connectivity index (χ0) is 11.5. The Balaban J connectivity index is 0.00000144. The van der Waals surface area contributed by atoms with Crippen LogP contribution in [0.15, 0.2) is 24.3 Å². The van der Waals surface area contributed by atoms with E-state index in [2.05, 4.69) is 17.1 Å². The van der Waals surface area contributed by atoms with Gasteiger partial charge in [0.2, 0.25) is 0 Å². The highest BCUT2D eigenvalue weighted by molar-refractivity contribution is 5.85. The molecule has 96 valence electrons. The largest absolute Gasteiger partial charge is 0.316 e. The summed E-state index contributed by atoms with van der Waals surface area (Å²) in [5.74, 6) is -0.162. The minimum Gasteiger partial charge on any atom is -0.316 e. The normalized spacial score (nSPS) is 22.2. The van der Waals surface area contributed by atoms with Gasteiger partial charge in [0.05, 0.1) is 0 Å². The van der Waals surface area contributed by atoms with Crippen molar-refractivity contribution in [3.8, 4) is 0 Å². The average Bonchev–Trinajstić information content (AvgIpc) is 2.77. The molecule has 0 radical (unpaired) electrons. The van der Waals surface area contributed by atoms with Crippen molar-refractivity contribution < 1.29 is 4.39 Å². The van der Waals surface area contributed by atoms with Crippen molar-refractivity contribution in [2.75, 3.05) is 20.1 Å². The molecule has 2 nitrogen and oxygen atoms in total. The summed E-state index contributed by atoms with van der Waals surface area (Å²) in [7, 11) is 2.01. The molecule has 2 atom stereocenters. The Morgan fingerprint density at radius 1 is 1.35 bits per heavy atom. The molecule has 1 heterocycles. The molecule has 2 rings (SSSR count). The minimum atomic E-state index is -0.162. The molecular formula is C13H20ClFN2.